The molecule has 0 saturated carbocycles. The van der Waals surface area contributed by atoms with E-state index < -0.39 is 0 Å². The topological polar surface area (TPSA) is 73.3 Å². The normalized spacial score (nSPS) is 10.5. The molecular formula is C21H20ClN3O3S. The molecular weight excluding hydrogens is 410 g/mol. The highest BCUT2D eigenvalue weighted by Crippen LogP contribution is 2.28. The van der Waals surface area contributed by atoms with Crippen molar-refractivity contribution in [3.05, 3.63) is 59.2 Å². The van der Waals surface area contributed by atoms with Crippen LogP contribution in [0, 0.1) is 6.92 Å². The number of thioether (sulfide) groups is 1. The van der Waals surface area contributed by atoms with E-state index in [2.05, 4.69) is 15.3 Å². The molecule has 3 rings (SSSR count). The molecule has 1 heterocycles. The number of rotatable bonds is 7. The maximum Gasteiger partial charge on any atom is 0.234 e. The third-order valence-electron chi connectivity index (χ3n) is 3.97. The van der Waals surface area contributed by atoms with Gasteiger partial charge in [0.1, 0.15) is 16.5 Å². The number of aromatic nitrogens is 2. The van der Waals surface area contributed by atoms with Gasteiger partial charge in [0.25, 0.3) is 0 Å². The Kier molecular flexibility index (Phi) is 6.95. The zero-order chi connectivity index (χ0) is 20.8. The molecule has 0 aliphatic heterocycles. The van der Waals surface area contributed by atoms with Gasteiger partial charge in [-0.15, -0.1) is 0 Å². The predicted octanol–water partition coefficient (Wildman–Crippen LogP) is 4.85. The van der Waals surface area contributed by atoms with Crippen LogP contribution in [-0.4, -0.2) is 35.8 Å². The summed E-state index contributed by atoms with van der Waals surface area (Å²) in [5.41, 5.74) is 2.32. The van der Waals surface area contributed by atoms with Gasteiger partial charge in [-0.25, -0.2) is 9.97 Å². The highest BCUT2D eigenvalue weighted by atomic mass is 35.5. The van der Waals surface area contributed by atoms with Gasteiger partial charge < -0.3 is 14.8 Å². The number of benzene rings is 2. The maximum atomic E-state index is 12.3. The number of nitrogens with one attached hydrogen (secondary N) is 1. The van der Waals surface area contributed by atoms with Crippen LogP contribution in [0.25, 0.3) is 11.4 Å². The number of carbonyl (C=O) groups excluding carboxylic acids is 1. The second-order valence-corrected chi connectivity index (χ2v) is 7.49. The lowest BCUT2D eigenvalue weighted by atomic mass is 10.2. The number of carbonyl (C=O) groups is 1. The fourth-order valence-corrected chi connectivity index (χ4v) is 3.58. The van der Waals surface area contributed by atoms with Crippen LogP contribution in [0.3, 0.4) is 0 Å². The molecule has 0 fully saturated rings. The molecule has 0 radical (unpaired) electrons. The van der Waals surface area contributed by atoms with Gasteiger partial charge in [-0.1, -0.05) is 23.4 Å². The minimum absolute atomic E-state index is 0.154. The first-order valence-electron chi connectivity index (χ1n) is 8.75. The van der Waals surface area contributed by atoms with Crippen LogP contribution in [0.5, 0.6) is 11.5 Å². The van der Waals surface area contributed by atoms with Gasteiger partial charge in [-0.2, -0.15) is 0 Å². The first kappa shape index (κ1) is 21.0. The van der Waals surface area contributed by atoms with E-state index in [-0.39, 0.29) is 11.7 Å². The van der Waals surface area contributed by atoms with Crippen molar-refractivity contribution in [2.75, 3.05) is 25.3 Å². The Bertz CT molecular complexity index is 1010. The Morgan fingerprint density at radius 1 is 1.07 bits per heavy atom. The SMILES string of the molecule is COc1ccc(-c2nc(C)cc(SCC(=O)Nc3ccc(OC)c(Cl)c3)n2)cc1. The summed E-state index contributed by atoms with van der Waals surface area (Å²) in [5, 5.41) is 3.99. The molecule has 0 atom stereocenters. The van der Waals surface area contributed by atoms with Crippen molar-refractivity contribution in [1.82, 2.24) is 9.97 Å². The van der Waals surface area contributed by atoms with Crippen molar-refractivity contribution >= 4 is 35.0 Å². The van der Waals surface area contributed by atoms with Crippen LogP contribution >= 0.6 is 23.4 Å². The second kappa shape index (κ2) is 9.62. The van der Waals surface area contributed by atoms with Gasteiger partial charge in [-0.3, -0.25) is 4.79 Å². The van der Waals surface area contributed by atoms with E-state index in [9.17, 15) is 4.79 Å². The smallest absolute Gasteiger partial charge is 0.234 e. The van der Waals surface area contributed by atoms with E-state index >= 15 is 0 Å². The molecule has 0 aliphatic rings. The number of halogens is 1. The molecule has 8 heteroatoms. The Labute approximate surface area is 178 Å². The summed E-state index contributed by atoms with van der Waals surface area (Å²) in [5.74, 6) is 1.99. The molecule has 0 spiro atoms. The van der Waals surface area contributed by atoms with Crippen LogP contribution in [-0.2, 0) is 4.79 Å². The number of anilines is 1. The highest BCUT2D eigenvalue weighted by Gasteiger charge is 2.10. The van der Waals surface area contributed by atoms with Crippen LogP contribution in [0.4, 0.5) is 5.69 Å². The number of methoxy groups -OCH3 is 2. The zero-order valence-electron chi connectivity index (χ0n) is 16.2. The molecule has 0 aliphatic carbocycles. The molecule has 2 aromatic carbocycles. The average molecular weight is 430 g/mol. The van der Waals surface area contributed by atoms with Crippen molar-refractivity contribution in [1.29, 1.82) is 0 Å². The van der Waals surface area contributed by atoms with E-state index in [0.29, 0.717) is 22.3 Å². The van der Waals surface area contributed by atoms with Crippen molar-refractivity contribution in [3.8, 4) is 22.9 Å². The Morgan fingerprint density at radius 2 is 1.83 bits per heavy atom. The maximum absolute atomic E-state index is 12.3. The minimum Gasteiger partial charge on any atom is -0.497 e. The molecule has 150 valence electrons. The van der Waals surface area contributed by atoms with Crippen LogP contribution in [0.15, 0.2) is 53.6 Å². The van der Waals surface area contributed by atoms with Gasteiger partial charge in [0, 0.05) is 16.9 Å². The summed E-state index contributed by atoms with van der Waals surface area (Å²) in [4.78, 5) is 21.4. The van der Waals surface area contributed by atoms with Gasteiger partial charge in [-0.05, 0) is 55.5 Å². The minimum atomic E-state index is -0.154. The highest BCUT2D eigenvalue weighted by molar-refractivity contribution is 7.99. The summed E-state index contributed by atoms with van der Waals surface area (Å²) in [6.45, 7) is 1.90. The lowest BCUT2D eigenvalue weighted by molar-refractivity contribution is -0.113. The van der Waals surface area contributed by atoms with Crippen molar-refractivity contribution in [3.63, 3.8) is 0 Å². The van der Waals surface area contributed by atoms with Crippen molar-refractivity contribution < 1.29 is 14.3 Å². The summed E-state index contributed by atoms with van der Waals surface area (Å²) in [6, 6.07) is 14.5. The summed E-state index contributed by atoms with van der Waals surface area (Å²) >= 11 is 7.44. The predicted molar refractivity (Wildman–Crippen MR) is 116 cm³/mol. The molecule has 3 aromatic rings. The summed E-state index contributed by atoms with van der Waals surface area (Å²) in [6.07, 6.45) is 0. The standard InChI is InChI=1S/C21H20ClN3O3S/c1-13-10-20(25-21(23-13)14-4-7-16(27-2)8-5-14)29-12-19(26)24-15-6-9-18(28-3)17(22)11-15/h4-11H,12H2,1-3H3,(H,24,26). The third kappa shape index (κ3) is 5.62. The van der Waals surface area contributed by atoms with E-state index in [1.165, 1.54) is 11.8 Å². The fourth-order valence-electron chi connectivity index (χ4n) is 2.56. The van der Waals surface area contributed by atoms with Gasteiger partial charge >= 0.3 is 0 Å². The second-order valence-electron chi connectivity index (χ2n) is 6.09. The third-order valence-corrected chi connectivity index (χ3v) is 5.17. The molecule has 1 N–H and O–H groups in total. The monoisotopic (exact) mass is 429 g/mol. The molecule has 1 aromatic heterocycles. The molecule has 0 unspecified atom stereocenters. The molecule has 29 heavy (non-hydrogen) atoms. The van der Waals surface area contributed by atoms with Gasteiger partial charge in [0.15, 0.2) is 5.82 Å². The Hall–Kier alpha value is -2.77. The van der Waals surface area contributed by atoms with Gasteiger partial charge in [0.2, 0.25) is 5.91 Å². The van der Waals surface area contributed by atoms with Crippen LogP contribution < -0.4 is 14.8 Å². The molecule has 1 amide bonds. The van der Waals surface area contributed by atoms with Crippen molar-refractivity contribution in [2.24, 2.45) is 0 Å². The fraction of sp³-hybridized carbons (Fsp3) is 0.190. The number of amides is 1. The van der Waals surface area contributed by atoms with E-state index in [1.807, 2.05) is 37.3 Å². The molecule has 0 bridgehead atoms. The van der Waals surface area contributed by atoms with Gasteiger partial charge in [0.05, 0.1) is 25.0 Å². The van der Waals surface area contributed by atoms with E-state index in [0.717, 1.165) is 22.0 Å². The Morgan fingerprint density at radius 3 is 2.48 bits per heavy atom. The number of nitrogens with zero attached hydrogens (tertiary/aromatic N) is 2. The lowest BCUT2D eigenvalue weighted by Crippen LogP contribution is -2.14. The van der Waals surface area contributed by atoms with Crippen molar-refractivity contribution in [2.45, 2.75) is 11.9 Å². The van der Waals surface area contributed by atoms with E-state index in [4.69, 9.17) is 21.1 Å². The lowest BCUT2D eigenvalue weighted by Gasteiger charge is -2.09. The molecule has 6 nitrogen and oxygen atoms in total. The first-order valence-corrected chi connectivity index (χ1v) is 10.1. The molecule has 0 saturated heterocycles. The first-order chi connectivity index (χ1) is 14.0. The Balaban J connectivity index is 1.66. The number of ether oxygens (including phenoxy) is 2. The largest absolute Gasteiger partial charge is 0.497 e. The number of hydrogen-bond acceptors (Lipinski definition) is 6. The van der Waals surface area contributed by atoms with Crippen LogP contribution in [0.1, 0.15) is 5.69 Å². The number of hydrogen-bond donors (Lipinski definition) is 1. The zero-order valence-corrected chi connectivity index (χ0v) is 17.8. The van der Waals surface area contributed by atoms with Crippen LogP contribution in [0.2, 0.25) is 5.02 Å². The summed E-state index contributed by atoms with van der Waals surface area (Å²) in [7, 11) is 3.16. The average Bonchev–Trinajstić information content (AvgIpc) is 2.72. The summed E-state index contributed by atoms with van der Waals surface area (Å²) < 4.78 is 10.3. The quantitative estimate of drug-likeness (QED) is 0.427. The number of aryl methyl sites for hydroxylation is 1. The van der Waals surface area contributed by atoms with E-state index in [1.54, 1.807) is 32.4 Å².